The maximum absolute atomic E-state index is 8.80. The molecule has 0 heterocycles. The monoisotopic (exact) mass is 223 g/mol. The van der Waals surface area contributed by atoms with Crippen molar-refractivity contribution in [2.24, 2.45) is 17.8 Å². The SMILES string of the molecule is OCCCCNC12CC3CC(CC(C3)C1)C2. The third-order valence-electron chi connectivity index (χ3n) is 5.12. The maximum atomic E-state index is 8.80. The van der Waals surface area contributed by atoms with Gasteiger partial charge in [0.1, 0.15) is 0 Å². The fourth-order valence-corrected chi connectivity index (χ4v) is 4.92. The molecular weight excluding hydrogens is 198 g/mol. The lowest BCUT2D eigenvalue weighted by atomic mass is 9.53. The largest absolute Gasteiger partial charge is 0.396 e. The van der Waals surface area contributed by atoms with Crippen LogP contribution in [-0.4, -0.2) is 23.8 Å². The Bertz CT molecular complexity index is 216. The Hall–Kier alpha value is -0.0800. The lowest BCUT2D eigenvalue weighted by Crippen LogP contribution is -2.58. The molecule has 0 aliphatic heterocycles. The van der Waals surface area contributed by atoms with Crippen molar-refractivity contribution < 1.29 is 5.11 Å². The van der Waals surface area contributed by atoms with E-state index in [0.717, 1.165) is 37.1 Å². The van der Waals surface area contributed by atoms with Crippen molar-refractivity contribution in [1.82, 2.24) is 5.32 Å². The van der Waals surface area contributed by atoms with E-state index in [2.05, 4.69) is 5.32 Å². The predicted octanol–water partition coefficient (Wildman–Crippen LogP) is 2.32. The van der Waals surface area contributed by atoms with Crippen LogP contribution < -0.4 is 5.32 Å². The summed E-state index contributed by atoms with van der Waals surface area (Å²) in [6, 6.07) is 0. The van der Waals surface area contributed by atoms with Gasteiger partial charge >= 0.3 is 0 Å². The summed E-state index contributed by atoms with van der Waals surface area (Å²) in [5, 5.41) is 12.7. The molecule has 4 aliphatic carbocycles. The Balaban J connectivity index is 1.56. The second kappa shape index (κ2) is 4.30. The molecule has 4 bridgehead atoms. The zero-order valence-electron chi connectivity index (χ0n) is 10.3. The van der Waals surface area contributed by atoms with Crippen LogP contribution in [0.25, 0.3) is 0 Å². The van der Waals surface area contributed by atoms with E-state index >= 15 is 0 Å². The van der Waals surface area contributed by atoms with E-state index in [1.54, 1.807) is 0 Å². The van der Waals surface area contributed by atoms with Crippen molar-refractivity contribution in [3.63, 3.8) is 0 Å². The number of hydrogen-bond donors (Lipinski definition) is 2. The molecule has 2 heteroatoms. The van der Waals surface area contributed by atoms with Gasteiger partial charge in [0, 0.05) is 12.1 Å². The summed E-state index contributed by atoms with van der Waals surface area (Å²) < 4.78 is 0. The first kappa shape index (κ1) is 11.0. The van der Waals surface area contributed by atoms with Gasteiger partial charge in [-0.15, -0.1) is 0 Å². The Labute approximate surface area is 98.8 Å². The van der Waals surface area contributed by atoms with Gasteiger partial charge in [0.25, 0.3) is 0 Å². The van der Waals surface area contributed by atoms with Gasteiger partial charge in [-0.2, -0.15) is 0 Å². The van der Waals surface area contributed by atoms with Crippen molar-refractivity contribution in [2.45, 2.75) is 56.9 Å². The van der Waals surface area contributed by atoms with Crippen LogP contribution >= 0.6 is 0 Å². The Morgan fingerprint density at radius 1 is 0.938 bits per heavy atom. The second-order valence-corrected chi connectivity index (χ2v) is 6.56. The lowest BCUT2D eigenvalue weighted by molar-refractivity contribution is -0.0197. The first-order chi connectivity index (χ1) is 7.80. The van der Waals surface area contributed by atoms with Crippen molar-refractivity contribution in [2.75, 3.05) is 13.2 Å². The van der Waals surface area contributed by atoms with E-state index in [1.807, 2.05) is 0 Å². The van der Waals surface area contributed by atoms with Crippen molar-refractivity contribution in [1.29, 1.82) is 0 Å². The Kier molecular flexibility index (Phi) is 2.97. The highest BCUT2D eigenvalue weighted by Crippen LogP contribution is 2.55. The van der Waals surface area contributed by atoms with E-state index in [1.165, 1.54) is 38.5 Å². The molecule has 0 aromatic carbocycles. The minimum atomic E-state index is 0.350. The normalized spacial score (nSPS) is 45.2. The fourth-order valence-electron chi connectivity index (χ4n) is 4.92. The fraction of sp³-hybridized carbons (Fsp3) is 1.00. The third-order valence-corrected chi connectivity index (χ3v) is 5.12. The molecule has 4 aliphatic rings. The molecule has 92 valence electrons. The van der Waals surface area contributed by atoms with Gasteiger partial charge in [-0.3, -0.25) is 0 Å². The summed E-state index contributed by atoms with van der Waals surface area (Å²) in [5.74, 6) is 3.12. The summed E-state index contributed by atoms with van der Waals surface area (Å²) in [5.41, 5.74) is 0.518. The van der Waals surface area contributed by atoms with E-state index in [9.17, 15) is 0 Å². The van der Waals surface area contributed by atoms with E-state index in [-0.39, 0.29) is 0 Å². The second-order valence-electron chi connectivity index (χ2n) is 6.56. The summed E-state index contributed by atoms with van der Waals surface area (Å²) >= 11 is 0. The molecule has 0 spiro atoms. The number of rotatable bonds is 5. The predicted molar refractivity (Wildman–Crippen MR) is 65.2 cm³/mol. The van der Waals surface area contributed by atoms with E-state index in [0.29, 0.717) is 12.1 Å². The molecule has 0 saturated heterocycles. The molecule has 0 radical (unpaired) electrons. The number of unbranched alkanes of at least 4 members (excludes halogenated alkanes) is 1. The molecular formula is C14H25NO. The zero-order valence-corrected chi connectivity index (χ0v) is 10.3. The van der Waals surface area contributed by atoms with Gasteiger partial charge in [-0.1, -0.05) is 0 Å². The summed E-state index contributed by atoms with van der Waals surface area (Å²) in [6.07, 6.45) is 11.0. The molecule has 2 nitrogen and oxygen atoms in total. The van der Waals surface area contributed by atoms with Crippen LogP contribution in [0.15, 0.2) is 0 Å². The quantitative estimate of drug-likeness (QED) is 0.701. The Morgan fingerprint density at radius 2 is 1.50 bits per heavy atom. The number of nitrogens with one attached hydrogen (secondary N) is 1. The Morgan fingerprint density at radius 3 is 2.00 bits per heavy atom. The number of aliphatic hydroxyl groups is 1. The smallest absolute Gasteiger partial charge is 0.0431 e. The highest BCUT2D eigenvalue weighted by atomic mass is 16.2. The molecule has 0 aromatic heterocycles. The van der Waals surface area contributed by atoms with Crippen LogP contribution in [0, 0.1) is 17.8 Å². The zero-order chi connectivity index (χ0) is 11.0. The minimum absolute atomic E-state index is 0.350. The van der Waals surface area contributed by atoms with Gasteiger partial charge in [0.15, 0.2) is 0 Å². The first-order valence-electron chi connectivity index (χ1n) is 7.15. The van der Waals surface area contributed by atoms with Crippen molar-refractivity contribution >= 4 is 0 Å². The van der Waals surface area contributed by atoms with Gasteiger partial charge in [-0.05, 0) is 75.7 Å². The molecule has 4 rings (SSSR count). The van der Waals surface area contributed by atoms with E-state index in [4.69, 9.17) is 5.11 Å². The van der Waals surface area contributed by atoms with Crippen molar-refractivity contribution in [3.05, 3.63) is 0 Å². The standard InChI is InChI=1S/C14H25NO/c16-4-2-1-3-15-14-8-11-5-12(9-14)7-13(6-11)10-14/h11-13,15-16H,1-10H2. The molecule has 0 unspecified atom stereocenters. The van der Waals surface area contributed by atoms with Gasteiger partial charge in [0.05, 0.1) is 0 Å². The average molecular weight is 223 g/mol. The van der Waals surface area contributed by atoms with Gasteiger partial charge < -0.3 is 10.4 Å². The maximum Gasteiger partial charge on any atom is 0.0431 e. The molecule has 2 N–H and O–H groups in total. The summed E-state index contributed by atoms with van der Waals surface area (Å²) in [6.45, 7) is 1.47. The topological polar surface area (TPSA) is 32.3 Å². The molecule has 4 saturated carbocycles. The third kappa shape index (κ3) is 2.02. The van der Waals surface area contributed by atoms with E-state index < -0.39 is 0 Å². The molecule has 0 atom stereocenters. The molecule has 0 aromatic rings. The van der Waals surface area contributed by atoms with Crippen LogP contribution in [0.2, 0.25) is 0 Å². The van der Waals surface area contributed by atoms with Crippen LogP contribution in [0.1, 0.15) is 51.4 Å². The van der Waals surface area contributed by atoms with Crippen LogP contribution in [0.3, 0.4) is 0 Å². The average Bonchev–Trinajstić information content (AvgIpc) is 2.22. The van der Waals surface area contributed by atoms with Crippen molar-refractivity contribution in [3.8, 4) is 0 Å². The van der Waals surface area contributed by atoms with Gasteiger partial charge in [-0.25, -0.2) is 0 Å². The highest BCUT2D eigenvalue weighted by molar-refractivity contribution is 5.06. The molecule has 0 amide bonds. The molecule has 4 fully saturated rings. The highest BCUT2D eigenvalue weighted by Gasteiger charge is 2.50. The van der Waals surface area contributed by atoms with Gasteiger partial charge in [0.2, 0.25) is 0 Å². The summed E-state index contributed by atoms with van der Waals surface area (Å²) in [4.78, 5) is 0. The van der Waals surface area contributed by atoms with Crippen LogP contribution in [0.4, 0.5) is 0 Å². The van der Waals surface area contributed by atoms with Crippen LogP contribution in [0.5, 0.6) is 0 Å². The summed E-state index contributed by atoms with van der Waals surface area (Å²) in [7, 11) is 0. The first-order valence-corrected chi connectivity index (χ1v) is 7.15. The number of hydrogen-bond acceptors (Lipinski definition) is 2. The van der Waals surface area contributed by atoms with Crippen LogP contribution in [-0.2, 0) is 0 Å². The number of aliphatic hydroxyl groups excluding tert-OH is 1. The molecule has 16 heavy (non-hydrogen) atoms. The lowest BCUT2D eigenvalue weighted by Gasteiger charge is -2.57. The minimum Gasteiger partial charge on any atom is -0.396 e.